The van der Waals surface area contributed by atoms with Crippen molar-refractivity contribution in [2.24, 2.45) is 0 Å². The van der Waals surface area contributed by atoms with E-state index < -0.39 is 0 Å². The van der Waals surface area contributed by atoms with E-state index in [0.29, 0.717) is 30.4 Å². The van der Waals surface area contributed by atoms with Crippen LogP contribution in [0.25, 0.3) is 16.8 Å². The summed E-state index contributed by atoms with van der Waals surface area (Å²) >= 11 is 0. The lowest BCUT2D eigenvalue weighted by Gasteiger charge is -2.20. The number of hydrogen-bond acceptors (Lipinski definition) is 8. The molecule has 10 nitrogen and oxygen atoms in total. The molecule has 1 aliphatic heterocycles. The summed E-state index contributed by atoms with van der Waals surface area (Å²) in [4.78, 5) is 12.4. The lowest BCUT2D eigenvalue weighted by molar-refractivity contribution is 0.182. The number of fused-ring (bicyclic) bond motifs is 1. The maximum Gasteiger partial charge on any atom is 0.267 e. The maximum absolute atomic E-state index is 12.4. The molecule has 1 aliphatic rings. The zero-order valence-electron chi connectivity index (χ0n) is 14.1. The fourth-order valence-corrected chi connectivity index (χ4v) is 3.18. The molecule has 136 valence electrons. The van der Waals surface area contributed by atoms with Gasteiger partial charge in [0.1, 0.15) is 6.04 Å². The Morgan fingerprint density at radius 3 is 3.07 bits per heavy atom. The van der Waals surface area contributed by atoms with Crippen molar-refractivity contribution in [1.29, 1.82) is 0 Å². The summed E-state index contributed by atoms with van der Waals surface area (Å²) in [6, 6.07) is 6.21. The van der Waals surface area contributed by atoms with Gasteiger partial charge >= 0.3 is 0 Å². The third kappa shape index (κ3) is 2.75. The van der Waals surface area contributed by atoms with Gasteiger partial charge in [-0.25, -0.2) is 9.36 Å². The van der Waals surface area contributed by atoms with Crippen molar-refractivity contribution in [3.8, 4) is 5.82 Å². The minimum absolute atomic E-state index is 0.213. The first kappa shape index (κ1) is 15.7. The third-order valence-corrected chi connectivity index (χ3v) is 4.50. The number of nitrogens with one attached hydrogen (secondary N) is 1. The predicted octanol–water partition coefficient (Wildman–Crippen LogP) is 1.02. The predicted molar refractivity (Wildman–Crippen MR) is 94.7 cm³/mol. The van der Waals surface area contributed by atoms with Crippen molar-refractivity contribution in [3.63, 3.8) is 0 Å². The fraction of sp³-hybridized carbons (Fsp3) is 0.235. The fourth-order valence-electron chi connectivity index (χ4n) is 3.18. The summed E-state index contributed by atoms with van der Waals surface area (Å²) in [5, 5.41) is 20.9. The molecule has 1 saturated heterocycles. The third-order valence-electron chi connectivity index (χ3n) is 4.50. The minimum atomic E-state index is -0.306. The molecule has 0 spiro atoms. The van der Waals surface area contributed by atoms with Crippen LogP contribution in [0.5, 0.6) is 0 Å². The summed E-state index contributed by atoms with van der Waals surface area (Å²) < 4.78 is 14.1. The highest BCUT2D eigenvalue weighted by atomic mass is 16.5. The Balaban J connectivity index is 1.49. The number of nitrogens with zero attached hydrogens (tertiary/aromatic N) is 6. The Labute approximate surface area is 152 Å². The number of ether oxygens (including phenoxy) is 1. The molecular formula is C17H15N7O3. The van der Waals surface area contributed by atoms with E-state index in [9.17, 15) is 4.79 Å². The Bertz CT molecular complexity index is 1130. The quantitative estimate of drug-likeness (QED) is 0.570. The number of hydrogen-bond donors (Lipinski definition) is 1. The van der Waals surface area contributed by atoms with Crippen LogP contribution < -0.4 is 10.9 Å². The maximum atomic E-state index is 12.4. The second kappa shape index (κ2) is 6.32. The second-order valence-electron chi connectivity index (χ2n) is 6.18. The van der Waals surface area contributed by atoms with Crippen molar-refractivity contribution in [1.82, 2.24) is 29.8 Å². The van der Waals surface area contributed by atoms with Gasteiger partial charge in [-0.05, 0) is 18.2 Å². The van der Waals surface area contributed by atoms with E-state index in [4.69, 9.17) is 9.15 Å². The molecular weight excluding hydrogens is 350 g/mol. The SMILES string of the molecule is O=c1ccc(-n2cccn2)nn1C1COCC1Nc1nncc2ccoc12. The van der Waals surface area contributed by atoms with Crippen molar-refractivity contribution in [2.75, 3.05) is 18.5 Å². The summed E-state index contributed by atoms with van der Waals surface area (Å²) in [7, 11) is 0. The minimum Gasteiger partial charge on any atom is -0.460 e. The van der Waals surface area contributed by atoms with E-state index in [2.05, 4.69) is 25.7 Å². The Kier molecular flexibility index (Phi) is 3.68. The van der Waals surface area contributed by atoms with Crippen molar-refractivity contribution < 1.29 is 9.15 Å². The lowest BCUT2D eigenvalue weighted by Crippen LogP contribution is -2.37. The molecule has 1 N–H and O–H groups in total. The van der Waals surface area contributed by atoms with Crippen LogP contribution in [0, 0.1) is 0 Å². The summed E-state index contributed by atoms with van der Waals surface area (Å²) in [5.74, 6) is 1.06. The van der Waals surface area contributed by atoms with Gasteiger partial charge in [-0.1, -0.05) is 0 Å². The monoisotopic (exact) mass is 365 g/mol. The van der Waals surface area contributed by atoms with Gasteiger partial charge in [0.05, 0.1) is 31.7 Å². The van der Waals surface area contributed by atoms with Crippen LogP contribution in [0.4, 0.5) is 5.82 Å². The van der Waals surface area contributed by atoms with Crippen LogP contribution in [0.15, 0.2) is 58.3 Å². The molecule has 5 rings (SSSR count). The molecule has 5 heterocycles. The zero-order valence-corrected chi connectivity index (χ0v) is 14.1. The number of aromatic nitrogens is 6. The number of anilines is 1. The summed E-state index contributed by atoms with van der Waals surface area (Å²) in [6.07, 6.45) is 6.64. The molecule has 4 aromatic rings. The van der Waals surface area contributed by atoms with Gasteiger partial charge in [0.25, 0.3) is 5.56 Å². The van der Waals surface area contributed by atoms with E-state index >= 15 is 0 Å². The van der Waals surface area contributed by atoms with E-state index in [1.165, 1.54) is 10.7 Å². The summed E-state index contributed by atoms with van der Waals surface area (Å²) in [6.45, 7) is 0.762. The van der Waals surface area contributed by atoms with E-state index in [-0.39, 0.29) is 17.6 Å². The highest BCUT2D eigenvalue weighted by Gasteiger charge is 2.32. The Morgan fingerprint density at radius 1 is 1.22 bits per heavy atom. The average Bonchev–Trinajstić information content (AvgIpc) is 3.44. The van der Waals surface area contributed by atoms with Crippen LogP contribution in [0.2, 0.25) is 0 Å². The Hall–Kier alpha value is -3.53. The highest BCUT2D eigenvalue weighted by molar-refractivity contribution is 5.85. The van der Waals surface area contributed by atoms with Crippen LogP contribution in [0.1, 0.15) is 6.04 Å². The molecule has 1 fully saturated rings. The van der Waals surface area contributed by atoms with Gasteiger partial charge in [0, 0.05) is 23.8 Å². The molecule has 0 aliphatic carbocycles. The number of rotatable bonds is 4. The zero-order chi connectivity index (χ0) is 18.2. The Morgan fingerprint density at radius 2 is 2.19 bits per heavy atom. The molecule has 0 amide bonds. The van der Waals surface area contributed by atoms with Gasteiger partial charge in [-0.15, -0.1) is 10.2 Å². The molecule has 2 unspecified atom stereocenters. The van der Waals surface area contributed by atoms with E-state index in [1.54, 1.807) is 41.7 Å². The van der Waals surface area contributed by atoms with Gasteiger partial charge in [-0.2, -0.15) is 10.2 Å². The van der Waals surface area contributed by atoms with Gasteiger partial charge in [-0.3, -0.25) is 4.79 Å². The van der Waals surface area contributed by atoms with Crippen LogP contribution in [-0.2, 0) is 4.74 Å². The summed E-state index contributed by atoms with van der Waals surface area (Å²) in [5.41, 5.74) is 0.400. The van der Waals surface area contributed by atoms with Gasteiger partial charge in [0.15, 0.2) is 17.2 Å². The highest BCUT2D eigenvalue weighted by Crippen LogP contribution is 2.26. The normalized spacial score (nSPS) is 19.6. The van der Waals surface area contributed by atoms with E-state index in [0.717, 1.165) is 5.39 Å². The standard InChI is InChI=1S/C17H15N7O3/c25-15-3-2-14(23-6-1-5-19-23)22-24(15)13-10-26-9-12(13)20-17-16-11(4-7-27-16)8-18-21-17/h1-8,12-13H,9-10H2,(H,20,21). The molecule has 4 aromatic heterocycles. The van der Waals surface area contributed by atoms with Gasteiger partial charge in [0.2, 0.25) is 0 Å². The molecule has 0 bridgehead atoms. The molecule has 0 aromatic carbocycles. The topological polar surface area (TPSA) is 113 Å². The second-order valence-corrected chi connectivity index (χ2v) is 6.18. The smallest absolute Gasteiger partial charge is 0.267 e. The lowest BCUT2D eigenvalue weighted by atomic mass is 10.1. The molecule has 2 atom stereocenters. The van der Waals surface area contributed by atoms with Crippen molar-refractivity contribution >= 4 is 16.8 Å². The largest absolute Gasteiger partial charge is 0.460 e. The molecule has 0 saturated carbocycles. The van der Waals surface area contributed by atoms with E-state index in [1.807, 2.05) is 6.07 Å². The van der Waals surface area contributed by atoms with Crippen LogP contribution in [0.3, 0.4) is 0 Å². The molecule has 10 heteroatoms. The van der Waals surface area contributed by atoms with Gasteiger partial charge < -0.3 is 14.5 Å². The van der Waals surface area contributed by atoms with Crippen LogP contribution >= 0.6 is 0 Å². The molecule has 27 heavy (non-hydrogen) atoms. The first-order valence-electron chi connectivity index (χ1n) is 8.43. The first-order chi connectivity index (χ1) is 13.3. The van der Waals surface area contributed by atoms with Crippen molar-refractivity contribution in [3.05, 3.63) is 59.5 Å². The van der Waals surface area contributed by atoms with Crippen molar-refractivity contribution in [2.45, 2.75) is 12.1 Å². The average molecular weight is 365 g/mol. The molecule has 0 radical (unpaired) electrons. The number of furan rings is 1. The first-order valence-corrected chi connectivity index (χ1v) is 8.43. The van der Waals surface area contributed by atoms with Crippen LogP contribution in [-0.4, -0.2) is 49.0 Å².